The Morgan fingerprint density at radius 3 is 2.83 bits per heavy atom. The maximum absolute atomic E-state index is 12.0. The van der Waals surface area contributed by atoms with Crippen LogP contribution in [0.4, 0.5) is 10.5 Å². The summed E-state index contributed by atoms with van der Waals surface area (Å²) in [6.07, 6.45) is 5.33. The molecule has 1 heterocycles. The molecule has 2 amide bonds. The van der Waals surface area contributed by atoms with E-state index in [2.05, 4.69) is 11.2 Å². The highest BCUT2D eigenvalue weighted by Crippen LogP contribution is 2.25. The van der Waals surface area contributed by atoms with Crippen LogP contribution in [0.3, 0.4) is 0 Å². The van der Waals surface area contributed by atoms with Crippen molar-refractivity contribution in [2.45, 2.75) is 39.3 Å². The van der Waals surface area contributed by atoms with Crippen LogP contribution in [0.2, 0.25) is 0 Å². The van der Waals surface area contributed by atoms with Gasteiger partial charge in [0.2, 0.25) is 5.91 Å². The van der Waals surface area contributed by atoms with Crippen molar-refractivity contribution in [1.29, 1.82) is 0 Å². The smallest absolute Gasteiger partial charge is 0.407 e. The lowest BCUT2D eigenvalue weighted by Crippen LogP contribution is -2.32. The summed E-state index contributed by atoms with van der Waals surface area (Å²) in [5.41, 5.74) is 1.17. The van der Waals surface area contributed by atoms with Crippen LogP contribution in [0, 0.1) is 18.3 Å². The zero-order valence-corrected chi connectivity index (χ0v) is 13.8. The van der Waals surface area contributed by atoms with Gasteiger partial charge in [-0.25, -0.2) is 4.79 Å². The number of ether oxygens (including phenoxy) is 1. The fourth-order valence-corrected chi connectivity index (χ4v) is 2.39. The zero-order valence-electron chi connectivity index (χ0n) is 13.8. The zero-order chi connectivity index (χ0) is 17.0. The van der Waals surface area contributed by atoms with E-state index in [-0.39, 0.29) is 11.8 Å². The summed E-state index contributed by atoms with van der Waals surface area (Å²) in [7, 11) is 0. The van der Waals surface area contributed by atoms with Crippen molar-refractivity contribution in [2.24, 2.45) is 5.92 Å². The second-order valence-corrected chi connectivity index (χ2v) is 6.60. The van der Waals surface area contributed by atoms with Crippen molar-refractivity contribution in [2.75, 3.05) is 11.4 Å². The van der Waals surface area contributed by atoms with Crippen molar-refractivity contribution < 1.29 is 14.3 Å². The van der Waals surface area contributed by atoms with Gasteiger partial charge in [-0.05, 0) is 38.5 Å². The Hall–Kier alpha value is -2.48. The average molecular weight is 314 g/mol. The molecular formula is C18H22N2O3. The number of alkyl carbamates (subject to hydrolysis) is 1. The topological polar surface area (TPSA) is 58.6 Å². The van der Waals surface area contributed by atoms with Crippen LogP contribution in [0.15, 0.2) is 24.3 Å². The first-order valence-corrected chi connectivity index (χ1v) is 7.61. The van der Waals surface area contributed by atoms with Gasteiger partial charge in [0.25, 0.3) is 0 Å². The predicted octanol–water partition coefficient (Wildman–Crippen LogP) is 2.70. The van der Waals surface area contributed by atoms with E-state index in [0.717, 1.165) is 11.3 Å². The molecule has 5 heteroatoms. The number of rotatable bonds is 3. The molecule has 0 saturated carbocycles. The molecule has 2 rings (SSSR count). The molecule has 1 N–H and O–H groups in total. The highest BCUT2D eigenvalue weighted by molar-refractivity contribution is 5.96. The molecule has 1 atom stereocenters. The lowest BCUT2D eigenvalue weighted by molar-refractivity contribution is -0.117. The van der Waals surface area contributed by atoms with Gasteiger partial charge >= 0.3 is 6.09 Å². The molecule has 0 aromatic heterocycles. The highest BCUT2D eigenvalue weighted by Gasteiger charge is 2.29. The molecule has 122 valence electrons. The number of hydrogen-bond donors (Lipinski definition) is 1. The summed E-state index contributed by atoms with van der Waals surface area (Å²) < 4.78 is 5.20. The number of carbonyl (C=O) groups excluding carboxylic acids is 2. The van der Waals surface area contributed by atoms with E-state index in [9.17, 15) is 9.59 Å². The van der Waals surface area contributed by atoms with Gasteiger partial charge in [0, 0.05) is 31.1 Å². The van der Waals surface area contributed by atoms with Crippen molar-refractivity contribution >= 4 is 17.7 Å². The number of nitrogens with zero attached hydrogens (tertiary/aromatic N) is 1. The van der Waals surface area contributed by atoms with Gasteiger partial charge in [-0.2, -0.15) is 0 Å². The lowest BCUT2D eigenvalue weighted by Gasteiger charge is -2.20. The molecule has 0 bridgehead atoms. The van der Waals surface area contributed by atoms with Crippen LogP contribution in [0.5, 0.6) is 0 Å². The first-order chi connectivity index (χ1) is 10.8. The van der Waals surface area contributed by atoms with Crippen molar-refractivity contribution in [3.05, 3.63) is 29.8 Å². The monoisotopic (exact) mass is 314 g/mol. The molecule has 23 heavy (non-hydrogen) atoms. The van der Waals surface area contributed by atoms with E-state index in [0.29, 0.717) is 19.5 Å². The fraction of sp³-hybridized carbons (Fsp3) is 0.444. The third-order valence-corrected chi connectivity index (χ3v) is 3.42. The minimum atomic E-state index is -0.530. The van der Waals surface area contributed by atoms with Crippen molar-refractivity contribution in [3.8, 4) is 12.3 Å². The van der Waals surface area contributed by atoms with E-state index in [1.165, 1.54) is 0 Å². The third kappa shape index (κ3) is 4.75. The summed E-state index contributed by atoms with van der Waals surface area (Å²) in [6, 6.07) is 7.50. The molecule has 1 aromatic carbocycles. The second-order valence-electron chi connectivity index (χ2n) is 6.60. The maximum atomic E-state index is 12.0. The van der Waals surface area contributed by atoms with Gasteiger partial charge in [-0.1, -0.05) is 12.1 Å². The summed E-state index contributed by atoms with van der Waals surface area (Å²) in [4.78, 5) is 25.4. The quantitative estimate of drug-likeness (QED) is 0.873. The SMILES string of the molecule is C#CC1CC(=O)N(c2cccc(CNC(=O)OC(C)(C)C)c2)C1. The van der Waals surface area contributed by atoms with Crippen LogP contribution in [-0.2, 0) is 16.1 Å². The highest BCUT2D eigenvalue weighted by atomic mass is 16.6. The molecule has 1 unspecified atom stereocenters. The minimum Gasteiger partial charge on any atom is -0.444 e. The first-order valence-electron chi connectivity index (χ1n) is 7.61. The normalized spacial score (nSPS) is 17.7. The Morgan fingerprint density at radius 2 is 2.22 bits per heavy atom. The number of carbonyl (C=O) groups is 2. The Bertz CT molecular complexity index is 640. The summed E-state index contributed by atoms with van der Waals surface area (Å²) in [5, 5.41) is 2.71. The Labute approximate surface area is 137 Å². The number of terminal acetylenes is 1. The molecule has 0 aliphatic carbocycles. The number of amides is 2. The average Bonchev–Trinajstić information content (AvgIpc) is 2.85. The van der Waals surface area contributed by atoms with Crippen LogP contribution >= 0.6 is 0 Å². The van der Waals surface area contributed by atoms with Gasteiger partial charge in [-0.3, -0.25) is 4.79 Å². The van der Waals surface area contributed by atoms with Crippen LogP contribution in [0.25, 0.3) is 0 Å². The van der Waals surface area contributed by atoms with Gasteiger partial charge in [0.1, 0.15) is 5.60 Å². The standard InChI is InChI=1S/C18H22N2O3/c1-5-13-10-16(21)20(12-13)15-8-6-7-14(9-15)11-19-17(22)23-18(2,3)4/h1,6-9,13H,10-12H2,2-4H3,(H,19,22). The van der Waals surface area contributed by atoms with E-state index in [1.54, 1.807) is 4.90 Å². The molecule has 1 aromatic rings. The van der Waals surface area contributed by atoms with Gasteiger partial charge < -0.3 is 15.0 Å². The van der Waals surface area contributed by atoms with Crippen molar-refractivity contribution in [1.82, 2.24) is 5.32 Å². The van der Waals surface area contributed by atoms with Gasteiger partial charge in [0.05, 0.1) is 0 Å². The molecule has 0 radical (unpaired) electrons. The largest absolute Gasteiger partial charge is 0.444 e. The number of benzene rings is 1. The van der Waals surface area contributed by atoms with E-state index in [1.807, 2.05) is 45.0 Å². The summed E-state index contributed by atoms with van der Waals surface area (Å²) in [5.74, 6) is 2.63. The molecule has 5 nitrogen and oxygen atoms in total. The van der Waals surface area contributed by atoms with Crippen LogP contribution in [-0.4, -0.2) is 24.1 Å². The van der Waals surface area contributed by atoms with E-state index in [4.69, 9.17) is 11.2 Å². The third-order valence-electron chi connectivity index (χ3n) is 3.42. The predicted molar refractivity (Wildman–Crippen MR) is 88.8 cm³/mol. The fourth-order valence-electron chi connectivity index (χ4n) is 2.39. The second kappa shape index (κ2) is 6.74. The van der Waals surface area contributed by atoms with E-state index < -0.39 is 11.7 Å². The van der Waals surface area contributed by atoms with Crippen LogP contribution < -0.4 is 10.2 Å². The number of hydrogen-bond acceptors (Lipinski definition) is 3. The molecular weight excluding hydrogens is 292 g/mol. The summed E-state index contributed by atoms with van der Waals surface area (Å²) >= 11 is 0. The Morgan fingerprint density at radius 1 is 1.48 bits per heavy atom. The minimum absolute atomic E-state index is 0.0326. The van der Waals surface area contributed by atoms with Crippen LogP contribution in [0.1, 0.15) is 32.8 Å². The number of nitrogens with one attached hydrogen (secondary N) is 1. The first kappa shape index (κ1) is 16.9. The molecule has 0 spiro atoms. The molecule has 1 fully saturated rings. The van der Waals surface area contributed by atoms with Gasteiger partial charge in [-0.15, -0.1) is 12.3 Å². The lowest BCUT2D eigenvalue weighted by atomic mass is 10.1. The Balaban J connectivity index is 1.99. The van der Waals surface area contributed by atoms with Crippen molar-refractivity contribution in [3.63, 3.8) is 0 Å². The molecule has 1 saturated heterocycles. The Kier molecular flexibility index (Phi) is 4.95. The molecule has 1 aliphatic rings. The maximum Gasteiger partial charge on any atom is 0.407 e. The van der Waals surface area contributed by atoms with Gasteiger partial charge in [0.15, 0.2) is 0 Å². The number of anilines is 1. The summed E-state index contributed by atoms with van der Waals surface area (Å²) in [6.45, 7) is 6.32. The van der Waals surface area contributed by atoms with E-state index >= 15 is 0 Å². The molecule has 1 aliphatic heterocycles.